The number of nitrogens with one attached hydrogen (secondary N) is 1. The molecular weight excluding hydrogens is 767 g/mol. The third-order valence-corrected chi connectivity index (χ3v) is 21.4. The van der Waals surface area contributed by atoms with Crippen LogP contribution in [0.5, 0.6) is 5.75 Å². The Labute approximate surface area is 362 Å². The molecule has 7 aliphatic rings. The Bertz CT molecular complexity index is 1950. The van der Waals surface area contributed by atoms with Gasteiger partial charge in [-0.3, -0.25) is 9.78 Å². The largest absolute Gasteiger partial charge is 0.492 e. The van der Waals surface area contributed by atoms with Gasteiger partial charge < -0.3 is 20.1 Å². The number of hydrogen-bond donors (Lipinski definition) is 2. The predicted octanol–water partition coefficient (Wildman–Crippen LogP) is 10.1. The van der Waals surface area contributed by atoms with E-state index >= 15 is 0 Å². The first-order chi connectivity index (χ1) is 28.5. The molecule has 3 unspecified atom stereocenters. The van der Waals surface area contributed by atoms with Crippen molar-refractivity contribution in [2.75, 3.05) is 44.3 Å². The van der Waals surface area contributed by atoms with E-state index in [0.29, 0.717) is 60.9 Å². The van der Waals surface area contributed by atoms with Crippen molar-refractivity contribution in [2.45, 2.75) is 143 Å². The molecule has 6 aliphatic carbocycles. The second kappa shape index (κ2) is 15.9. The molecule has 0 aromatic carbocycles. The van der Waals surface area contributed by atoms with Crippen molar-refractivity contribution in [2.24, 2.45) is 56.2 Å². The maximum atomic E-state index is 12.8. The molecule has 8 rings (SSSR count). The highest BCUT2D eigenvalue weighted by atomic mass is 32.2. The third kappa shape index (κ3) is 6.82. The van der Waals surface area contributed by atoms with Crippen LogP contribution in [0.25, 0.3) is 0 Å². The summed E-state index contributed by atoms with van der Waals surface area (Å²) in [7, 11) is -2.87. The molecule has 5 fully saturated rings. The van der Waals surface area contributed by atoms with Gasteiger partial charge in [-0.1, -0.05) is 79.0 Å². The van der Waals surface area contributed by atoms with Gasteiger partial charge in [0.2, 0.25) is 0 Å². The molecule has 2 N–H and O–H groups in total. The molecule has 0 radical (unpaired) electrons. The summed E-state index contributed by atoms with van der Waals surface area (Å²) in [6.07, 6.45) is 27.4. The molecule has 60 heavy (non-hydrogen) atoms. The number of unbranched alkanes of at least 4 members (excludes halogenated alkanes) is 1. The van der Waals surface area contributed by atoms with Crippen LogP contribution < -0.4 is 10.1 Å². The van der Waals surface area contributed by atoms with Crippen molar-refractivity contribution in [3.63, 3.8) is 0 Å². The summed E-state index contributed by atoms with van der Waals surface area (Å²) in [5.74, 6) is 3.25. The van der Waals surface area contributed by atoms with Crippen molar-refractivity contribution in [3.8, 4) is 5.75 Å². The van der Waals surface area contributed by atoms with Crippen LogP contribution in [0.3, 0.4) is 0 Å². The second-order valence-corrected chi connectivity index (χ2v) is 24.4. The topological polar surface area (TPSA) is 109 Å². The standard InChI is InChI=1S/C51H77N3O5S/c1-8-10-11-38-16-23-50(53-30-31-54-32-34-60(57,58)35-33-54)26-24-46(5)41(43(38)50)12-13-42-47(46,6)25-27-51(9-2)45(3,4)40(17-20-48(42,51)7)37-14-21-49(22-15-37,44(55)56)36-59-39-18-28-52-29-19-39/h9,14,17-19,28-29,38,41-43,53H,2,8,10-13,15-16,20-27,30-36H2,1,3-7H3,(H,55,56)/t38-,41-,42?,43?,46-,47-,48-,49?,50+,51+/m1/s1. The number of carboxylic acids is 1. The number of ether oxygens (including phenoxy) is 1. The van der Waals surface area contributed by atoms with E-state index in [4.69, 9.17) is 11.3 Å². The number of aliphatic carboxylic acids is 1. The number of carboxylic acid groups (broad SMARTS) is 1. The molecule has 10 atom stereocenters. The fourth-order valence-electron chi connectivity index (χ4n) is 16.1. The molecule has 0 amide bonds. The lowest BCUT2D eigenvalue weighted by Gasteiger charge is -2.75. The van der Waals surface area contributed by atoms with Crippen molar-refractivity contribution >= 4 is 15.8 Å². The number of aromatic nitrogens is 1. The summed E-state index contributed by atoms with van der Waals surface area (Å²) in [6, 6.07) is 3.58. The highest BCUT2D eigenvalue weighted by molar-refractivity contribution is 7.91. The number of carbonyl (C=O) groups is 1. The molecule has 1 aromatic rings. The first-order valence-corrected chi connectivity index (χ1v) is 25.8. The lowest BCUT2D eigenvalue weighted by Crippen LogP contribution is -2.70. The Hall–Kier alpha value is -2.49. The van der Waals surface area contributed by atoms with E-state index in [-0.39, 0.29) is 39.2 Å². The van der Waals surface area contributed by atoms with E-state index in [2.05, 4.69) is 75.0 Å². The minimum Gasteiger partial charge on any atom is -0.492 e. The molecular formula is C51H77N3O5S. The number of sulfone groups is 1. The Balaban J connectivity index is 1.05. The van der Waals surface area contributed by atoms with Crippen molar-refractivity contribution < 1.29 is 23.1 Å². The van der Waals surface area contributed by atoms with Gasteiger partial charge in [-0.25, -0.2) is 8.42 Å². The number of fused-ring (bicyclic) bond motifs is 7. The molecule has 8 nitrogen and oxygen atoms in total. The van der Waals surface area contributed by atoms with Crippen molar-refractivity contribution in [1.82, 2.24) is 15.2 Å². The maximum Gasteiger partial charge on any atom is 0.313 e. The van der Waals surface area contributed by atoms with Crippen LogP contribution in [0.4, 0.5) is 0 Å². The zero-order valence-corrected chi connectivity index (χ0v) is 38.8. The van der Waals surface area contributed by atoms with Crippen molar-refractivity contribution in [1.29, 1.82) is 0 Å². The third-order valence-electron chi connectivity index (χ3n) is 19.8. The Morgan fingerprint density at radius 3 is 2.35 bits per heavy atom. The van der Waals surface area contributed by atoms with E-state index in [1.54, 1.807) is 24.5 Å². The van der Waals surface area contributed by atoms with Gasteiger partial charge in [0, 0.05) is 49.5 Å². The molecule has 2 heterocycles. The quantitative estimate of drug-likeness (QED) is 0.189. The average Bonchev–Trinajstić information content (AvgIpc) is 3.59. The van der Waals surface area contributed by atoms with Gasteiger partial charge in [0.25, 0.3) is 0 Å². The van der Waals surface area contributed by atoms with Crippen LogP contribution >= 0.6 is 0 Å². The number of allylic oxidation sites excluding steroid dienone is 5. The summed E-state index contributed by atoms with van der Waals surface area (Å²) in [4.78, 5) is 19.3. The lowest BCUT2D eigenvalue weighted by molar-refractivity contribution is -0.240. The van der Waals surface area contributed by atoms with Crippen LogP contribution in [0, 0.1) is 56.2 Å². The SMILES string of the molecule is C=C[C@@]12CC[C@]3(C)C(CC[C@@H]4C5[C@H](CCCC)CC[C@]5(NCCN5CCS(=O)(=O)CC5)CC[C@]43C)[C@@]1(C)CC=C(C1=CCC(COc3ccncc3)(C(=O)O)CC1)C2(C)C. The first-order valence-electron chi connectivity index (χ1n) is 23.9. The van der Waals surface area contributed by atoms with Gasteiger partial charge >= 0.3 is 5.97 Å². The first kappa shape index (κ1) is 44.1. The monoisotopic (exact) mass is 844 g/mol. The van der Waals surface area contributed by atoms with E-state index in [0.717, 1.165) is 38.3 Å². The summed E-state index contributed by atoms with van der Waals surface area (Å²) >= 11 is 0. The number of nitrogens with zero attached hydrogens (tertiary/aromatic N) is 2. The van der Waals surface area contributed by atoms with Gasteiger partial charge in [0.15, 0.2) is 9.84 Å². The molecule has 1 saturated heterocycles. The summed E-state index contributed by atoms with van der Waals surface area (Å²) in [5.41, 5.74) is 2.32. The Kier molecular flexibility index (Phi) is 11.7. The number of rotatable bonds is 13. The van der Waals surface area contributed by atoms with E-state index in [1.807, 2.05) is 0 Å². The molecule has 0 bridgehead atoms. The van der Waals surface area contributed by atoms with Crippen LogP contribution in [-0.4, -0.2) is 79.2 Å². The summed E-state index contributed by atoms with van der Waals surface area (Å²) < 4.78 is 30.3. The molecule has 9 heteroatoms. The lowest BCUT2D eigenvalue weighted by atomic mass is 9.29. The second-order valence-electron chi connectivity index (χ2n) is 22.1. The summed E-state index contributed by atoms with van der Waals surface area (Å²) in [5, 5.41) is 14.8. The summed E-state index contributed by atoms with van der Waals surface area (Å²) in [6.45, 7) is 23.6. The Morgan fingerprint density at radius 1 is 0.950 bits per heavy atom. The smallest absolute Gasteiger partial charge is 0.313 e. The highest BCUT2D eigenvalue weighted by Crippen LogP contribution is 2.80. The molecule has 1 aromatic heterocycles. The van der Waals surface area contributed by atoms with Crippen molar-refractivity contribution in [3.05, 3.63) is 60.5 Å². The fourth-order valence-corrected chi connectivity index (χ4v) is 17.4. The van der Waals surface area contributed by atoms with Gasteiger partial charge in [-0.05, 0) is 146 Å². The highest BCUT2D eigenvalue weighted by Gasteiger charge is 2.73. The van der Waals surface area contributed by atoms with E-state index in [9.17, 15) is 18.3 Å². The number of pyridine rings is 1. The van der Waals surface area contributed by atoms with Gasteiger partial charge in [-0.2, -0.15) is 0 Å². The molecule has 332 valence electrons. The van der Waals surface area contributed by atoms with Gasteiger partial charge in [0.1, 0.15) is 17.8 Å². The number of hydrogen-bond acceptors (Lipinski definition) is 7. The minimum atomic E-state index is -2.87. The van der Waals surface area contributed by atoms with Gasteiger partial charge in [-0.15, -0.1) is 6.58 Å². The Morgan fingerprint density at radius 2 is 1.68 bits per heavy atom. The van der Waals surface area contributed by atoms with Crippen LogP contribution in [-0.2, 0) is 14.6 Å². The zero-order valence-electron chi connectivity index (χ0n) is 38.0. The van der Waals surface area contributed by atoms with E-state index in [1.165, 1.54) is 75.4 Å². The molecule has 0 spiro atoms. The van der Waals surface area contributed by atoms with Crippen LogP contribution in [0.2, 0.25) is 0 Å². The van der Waals surface area contributed by atoms with Crippen LogP contribution in [0.1, 0.15) is 138 Å². The maximum absolute atomic E-state index is 12.8. The van der Waals surface area contributed by atoms with Crippen LogP contribution in [0.15, 0.2) is 60.5 Å². The van der Waals surface area contributed by atoms with Gasteiger partial charge in [0.05, 0.1) is 11.5 Å². The van der Waals surface area contributed by atoms with E-state index < -0.39 is 21.2 Å². The zero-order chi connectivity index (χ0) is 42.8. The predicted molar refractivity (Wildman–Crippen MR) is 241 cm³/mol. The fraction of sp³-hybridized carbons (Fsp3) is 0.765. The normalized spacial score (nSPS) is 42.0. The molecule has 4 saturated carbocycles. The minimum absolute atomic E-state index is 0.0627. The molecule has 1 aliphatic heterocycles. The average molecular weight is 844 g/mol.